The van der Waals surface area contributed by atoms with Crippen LogP contribution in [0.4, 0.5) is 0 Å². The molecule has 2 unspecified atom stereocenters. The predicted molar refractivity (Wildman–Crippen MR) is 84.8 cm³/mol. The number of rotatable bonds is 5. The molecule has 0 amide bonds. The standard InChI is InChI=1S/C18H27NO2/c1-13-10-14(2)12-16(11-13)21-18(20)17(19)9-8-15-6-4-3-5-7-15/h3-7,13-14,16-17H,8-12,19H2,1-2H3/t13?,14?,16?,17-/m0/s1. The minimum Gasteiger partial charge on any atom is -0.461 e. The lowest BCUT2D eigenvalue weighted by Gasteiger charge is -2.31. The average Bonchev–Trinajstić information content (AvgIpc) is 2.44. The van der Waals surface area contributed by atoms with E-state index in [0.29, 0.717) is 18.3 Å². The highest BCUT2D eigenvalue weighted by Gasteiger charge is 2.28. The Labute approximate surface area is 127 Å². The zero-order chi connectivity index (χ0) is 15.2. The summed E-state index contributed by atoms with van der Waals surface area (Å²) >= 11 is 0. The number of nitrogens with two attached hydrogens (primary N) is 1. The second-order valence-electron chi connectivity index (χ2n) is 6.61. The number of aryl methyl sites for hydroxylation is 1. The third-order valence-electron chi connectivity index (χ3n) is 4.31. The number of carbonyl (C=O) groups is 1. The Morgan fingerprint density at radius 3 is 2.43 bits per heavy atom. The fraction of sp³-hybridized carbons (Fsp3) is 0.611. The first-order valence-electron chi connectivity index (χ1n) is 8.04. The van der Waals surface area contributed by atoms with Crippen LogP contribution < -0.4 is 5.73 Å². The molecule has 1 aliphatic carbocycles. The highest BCUT2D eigenvalue weighted by Crippen LogP contribution is 2.30. The van der Waals surface area contributed by atoms with Crippen LogP contribution in [0.5, 0.6) is 0 Å². The molecule has 0 saturated heterocycles. The molecule has 3 atom stereocenters. The molecule has 1 aromatic rings. The summed E-state index contributed by atoms with van der Waals surface area (Å²) in [6.45, 7) is 4.46. The molecule has 3 heteroatoms. The maximum absolute atomic E-state index is 12.1. The number of ether oxygens (including phenoxy) is 1. The van der Waals surface area contributed by atoms with Gasteiger partial charge in [0.2, 0.25) is 0 Å². The van der Waals surface area contributed by atoms with E-state index in [1.807, 2.05) is 18.2 Å². The molecule has 0 bridgehead atoms. The third-order valence-corrected chi connectivity index (χ3v) is 4.31. The second-order valence-corrected chi connectivity index (χ2v) is 6.61. The summed E-state index contributed by atoms with van der Waals surface area (Å²) in [5, 5.41) is 0. The van der Waals surface area contributed by atoms with Gasteiger partial charge in [-0.05, 0) is 49.5 Å². The second kappa shape index (κ2) is 7.60. The van der Waals surface area contributed by atoms with E-state index < -0.39 is 6.04 Å². The molecule has 3 nitrogen and oxygen atoms in total. The quantitative estimate of drug-likeness (QED) is 0.846. The van der Waals surface area contributed by atoms with Crippen molar-refractivity contribution >= 4 is 5.97 Å². The van der Waals surface area contributed by atoms with Crippen LogP contribution >= 0.6 is 0 Å². The van der Waals surface area contributed by atoms with Gasteiger partial charge in [0.1, 0.15) is 12.1 Å². The van der Waals surface area contributed by atoms with E-state index in [1.54, 1.807) is 0 Å². The van der Waals surface area contributed by atoms with Crippen molar-refractivity contribution in [3.05, 3.63) is 35.9 Å². The van der Waals surface area contributed by atoms with E-state index in [0.717, 1.165) is 19.3 Å². The average molecular weight is 289 g/mol. The van der Waals surface area contributed by atoms with E-state index in [-0.39, 0.29) is 12.1 Å². The molecular formula is C18H27NO2. The van der Waals surface area contributed by atoms with Crippen molar-refractivity contribution in [2.75, 3.05) is 0 Å². The Balaban J connectivity index is 1.77. The van der Waals surface area contributed by atoms with E-state index in [2.05, 4.69) is 26.0 Å². The molecule has 21 heavy (non-hydrogen) atoms. The van der Waals surface area contributed by atoms with Gasteiger partial charge in [-0.3, -0.25) is 4.79 Å². The maximum atomic E-state index is 12.1. The van der Waals surface area contributed by atoms with Gasteiger partial charge in [0.25, 0.3) is 0 Å². The van der Waals surface area contributed by atoms with E-state index in [4.69, 9.17) is 10.5 Å². The monoisotopic (exact) mass is 289 g/mol. The predicted octanol–water partition coefficient (Wildman–Crippen LogP) is 3.31. The maximum Gasteiger partial charge on any atom is 0.323 e. The van der Waals surface area contributed by atoms with Crippen LogP contribution in [0.2, 0.25) is 0 Å². The lowest BCUT2D eigenvalue weighted by Crippen LogP contribution is -2.37. The van der Waals surface area contributed by atoms with Gasteiger partial charge in [-0.2, -0.15) is 0 Å². The van der Waals surface area contributed by atoms with Crippen molar-refractivity contribution in [3.63, 3.8) is 0 Å². The number of benzene rings is 1. The highest BCUT2D eigenvalue weighted by atomic mass is 16.5. The normalized spacial score (nSPS) is 27.1. The fourth-order valence-corrected chi connectivity index (χ4v) is 3.31. The van der Waals surface area contributed by atoms with Crippen LogP contribution in [-0.4, -0.2) is 18.1 Å². The number of hydrogen-bond acceptors (Lipinski definition) is 3. The van der Waals surface area contributed by atoms with Crippen LogP contribution in [0.25, 0.3) is 0 Å². The zero-order valence-corrected chi connectivity index (χ0v) is 13.1. The molecule has 2 rings (SSSR count). The SMILES string of the molecule is CC1CC(C)CC(OC(=O)[C@@H](N)CCc2ccccc2)C1. The molecule has 0 heterocycles. The van der Waals surface area contributed by atoms with Crippen molar-refractivity contribution in [1.29, 1.82) is 0 Å². The minimum absolute atomic E-state index is 0.0547. The molecule has 0 radical (unpaired) electrons. The Hall–Kier alpha value is -1.35. The fourth-order valence-electron chi connectivity index (χ4n) is 3.31. The number of carbonyl (C=O) groups excluding carboxylic acids is 1. The first-order chi connectivity index (χ1) is 10.0. The molecule has 0 spiro atoms. The van der Waals surface area contributed by atoms with Crippen LogP contribution in [0.1, 0.15) is 45.1 Å². The summed E-state index contributed by atoms with van der Waals surface area (Å²) in [7, 11) is 0. The lowest BCUT2D eigenvalue weighted by atomic mass is 9.82. The van der Waals surface area contributed by atoms with Gasteiger partial charge in [0.15, 0.2) is 0 Å². The van der Waals surface area contributed by atoms with Crippen LogP contribution in [0, 0.1) is 11.8 Å². The van der Waals surface area contributed by atoms with Gasteiger partial charge in [0, 0.05) is 0 Å². The summed E-state index contributed by atoms with van der Waals surface area (Å²) in [6, 6.07) is 9.60. The van der Waals surface area contributed by atoms with Gasteiger partial charge in [-0.1, -0.05) is 44.2 Å². The lowest BCUT2D eigenvalue weighted by molar-refractivity contribution is -0.153. The molecule has 2 N–H and O–H groups in total. The first-order valence-corrected chi connectivity index (χ1v) is 8.04. The Morgan fingerprint density at radius 2 is 1.81 bits per heavy atom. The van der Waals surface area contributed by atoms with E-state index in [9.17, 15) is 4.79 Å². The van der Waals surface area contributed by atoms with Gasteiger partial charge in [0.05, 0.1) is 0 Å². The summed E-state index contributed by atoms with van der Waals surface area (Å²) < 4.78 is 5.62. The summed E-state index contributed by atoms with van der Waals surface area (Å²) in [5.74, 6) is 1.02. The van der Waals surface area contributed by atoms with Crippen molar-refractivity contribution in [3.8, 4) is 0 Å². The Morgan fingerprint density at radius 1 is 1.19 bits per heavy atom. The van der Waals surface area contributed by atoms with E-state index in [1.165, 1.54) is 12.0 Å². The minimum atomic E-state index is -0.516. The van der Waals surface area contributed by atoms with Gasteiger partial charge >= 0.3 is 5.97 Å². The van der Waals surface area contributed by atoms with Crippen LogP contribution in [0.15, 0.2) is 30.3 Å². The Bertz CT molecular complexity index is 436. The van der Waals surface area contributed by atoms with Crippen molar-refractivity contribution in [1.82, 2.24) is 0 Å². The molecule has 116 valence electrons. The van der Waals surface area contributed by atoms with Crippen molar-refractivity contribution in [2.45, 2.75) is 58.1 Å². The molecule has 1 aliphatic rings. The first kappa shape index (κ1) is 16.0. The largest absolute Gasteiger partial charge is 0.461 e. The Kier molecular flexibility index (Phi) is 5.80. The molecule has 1 saturated carbocycles. The summed E-state index contributed by atoms with van der Waals surface area (Å²) in [6.07, 6.45) is 4.69. The molecular weight excluding hydrogens is 262 g/mol. The van der Waals surface area contributed by atoms with Gasteiger partial charge in [-0.15, -0.1) is 0 Å². The topological polar surface area (TPSA) is 52.3 Å². The molecule has 0 aliphatic heterocycles. The number of esters is 1. The van der Waals surface area contributed by atoms with E-state index >= 15 is 0 Å². The molecule has 1 fully saturated rings. The van der Waals surface area contributed by atoms with Crippen molar-refractivity contribution in [2.24, 2.45) is 17.6 Å². The number of hydrogen-bond donors (Lipinski definition) is 1. The summed E-state index contributed by atoms with van der Waals surface area (Å²) in [5.41, 5.74) is 7.19. The molecule has 1 aromatic carbocycles. The third kappa shape index (κ3) is 5.16. The zero-order valence-electron chi connectivity index (χ0n) is 13.1. The molecule has 0 aromatic heterocycles. The van der Waals surface area contributed by atoms with Crippen molar-refractivity contribution < 1.29 is 9.53 Å². The van der Waals surface area contributed by atoms with Gasteiger partial charge < -0.3 is 10.5 Å². The van der Waals surface area contributed by atoms with Crippen LogP contribution in [-0.2, 0) is 16.0 Å². The summed E-state index contributed by atoms with van der Waals surface area (Å²) in [4.78, 5) is 12.1. The van der Waals surface area contributed by atoms with Crippen LogP contribution in [0.3, 0.4) is 0 Å². The highest BCUT2D eigenvalue weighted by molar-refractivity contribution is 5.75. The smallest absolute Gasteiger partial charge is 0.323 e. The van der Waals surface area contributed by atoms with Gasteiger partial charge in [-0.25, -0.2) is 0 Å².